The van der Waals surface area contributed by atoms with E-state index in [0.717, 1.165) is 25.7 Å². The Bertz CT molecular complexity index is 927. The van der Waals surface area contributed by atoms with Gasteiger partial charge in [-0.1, -0.05) is 212 Å². The molecule has 0 saturated heterocycles. The lowest BCUT2D eigenvalue weighted by Gasteiger charge is -2.36. The van der Waals surface area contributed by atoms with E-state index >= 15 is 0 Å². The first-order chi connectivity index (χ1) is 27.1. The van der Waals surface area contributed by atoms with Gasteiger partial charge in [-0.2, -0.15) is 0 Å². The monoisotopic (exact) mass is 854 g/mol. The van der Waals surface area contributed by atoms with Crippen LogP contribution in [0.5, 0.6) is 0 Å². The maximum Gasteiger partial charge on any atom is 0.249 e. The van der Waals surface area contributed by atoms with Crippen LogP contribution in [0.4, 0.5) is 0 Å². The summed E-state index contributed by atoms with van der Waals surface area (Å²) in [5.41, 5.74) is 0. The Kier molecular flexibility index (Phi) is 36.2. The van der Waals surface area contributed by atoms with Gasteiger partial charge in [0.2, 0.25) is 5.91 Å². The van der Waals surface area contributed by atoms with Crippen LogP contribution >= 0.6 is 0 Å². The number of nitrogens with one attached hydrogen (secondary N) is 1. The average Bonchev–Trinajstić information content (AvgIpc) is 3.11. The zero-order valence-electron chi connectivity index (χ0n) is 40.6. The van der Waals surface area contributed by atoms with Gasteiger partial charge in [-0.15, -0.1) is 0 Å². The Morgan fingerprint density at radius 3 is 1.09 bits per heavy atom. The van der Waals surface area contributed by atoms with Gasteiger partial charge in [0.15, 0.2) is 25.0 Å². The zero-order chi connectivity index (χ0) is 42.7. The third-order valence-electron chi connectivity index (χ3n) is 10.7. The van der Waals surface area contributed by atoms with E-state index in [1.807, 2.05) is 0 Å². The molecule has 0 aromatic heterocycles. The molecule has 0 rings (SSSR count). The third kappa shape index (κ3) is 40.9. The number of hydrogen-bond acceptors (Lipinski definition) is 4. The number of amides is 1. The first-order valence-electron chi connectivity index (χ1n) is 25.1. The number of hydrogen-bond donors (Lipinski definition) is 1. The van der Waals surface area contributed by atoms with E-state index in [0.29, 0.717) is 0 Å². The predicted octanol–water partition coefficient (Wildman–Crippen LogP) is 16.8. The van der Waals surface area contributed by atoms with Crippen LogP contribution in [0.2, 0.25) is 58.9 Å². The first-order valence-corrected chi connectivity index (χ1v) is 35.3. The van der Waals surface area contributed by atoms with Crippen molar-refractivity contribution >= 4 is 30.9 Å². The molecule has 0 aromatic rings. The number of allylic oxidation sites excluding steroid dienone is 1. The van der Waals surface area contributed by atoms with Gasteiger partial charge < -0.3 is 18.6 Å². The highest BCUT2D eigenvalue weighted by molar-refractivity contribution is 6.70. The Labute approximate surface area is 361 Å². The van der Waals surface area contributed by atoms with E-state index in [2.05, 4.69) is 90.2 Å². The number of unbranched alkanes of at least 4 members (excludes halogenated alkanes) is 29. The number of carbonyl (C=O) groups is 1. The van der Waals surface area contributed by atoms with Crippen molar-refractivity contribution in [2.75, 3.05) is 0 Å². The summed E-state index contributed by atoms with van der Waals surface area (Å²) in [7, 11) is -5.88. The standard InChI is InChI=1S/C49H103NO4Si3/c1-12-14-16-18-20-22-24-26-27-28-29-30-31-33-34-36-38-40-42-44-46(52-55(3,4)5)48(51)50-49(54-57(9,10)11)47(53-56(6,7)8)45-43-41-39-37-35-32-25-23-21-19-17-15-13-2/h43,45-47,49H,12-42,44H2,1-11H3,(H,50,51)/b45-43+. The summed E-state index contributed by atoms with van der Waals surface area (Å²) in [4.78, 5) is 14.1. The van der Waals surface area contributed by atoms with Gasteiger partial charge in [0.25, 0.3) is 0 Å². The average molecular weight is 855 g/mol. The van der Waals surface area contributed by atoms with Crippen LogP contribution in [0.25, 0.3) is 0 Å². The molecule has 1 N–H and O–H groups in total. The Balaban J connectivity index is 4.81. The van der Waals surface area contributed by atoms with Crippen molar-refractivity contribution in [3.05, 3.63) is 12.2 Å². The maximum atomic E-state index is 14.1. The minimum atomic E-state index is -2.01. The molecule has 3 atom stereocenters. The molecule has 0 aliphatic heterocycles. The van der Waals surface area contributed by atoms with E-state index in [1.54, 1.807) is 0 Å². The van der Waals surface area contributed by atoms with Crippen molar-refractivity contribution in [2.45, 2.75) is 297 Å². The molecule has 0 spiro atoms. The van der Waals surface area contributed by atoms with Crippen LogP contribution in [0.3, 0.4) is 0 Å². The van der Waals surface area contributed by atoms with Crippen LogP contribution in [0.15, 0.2) is 12.2 Å². The minimum Gasteiger partial charge on any atom is -0.407 e. The van der Waals surface area contributed by atoms with Crippen molar-refractivity contribution in [3.8, 4) is 0 Å². The quantitative estimate of drug-likeness (QED) is 0.0288. The van der Waals surface area contributed by atoms with E-state index in [9.17, 15) is 4.79 Å². The second kappa shape index (κ2) is 36.4. The van der Waals surface area contributed by atoms with Gasteiger partial charge in [-0.25, -0.2) is 0 Å². The molecular formula is C49H103NO4Si3. The molecule has 0 aromatic carbocycles. The predicted molar refractivity (Wildman–Crippen MR) is 261 cm³/mol. The van der Waals surface area contributed by atoms with Crippen molar-refractivity contribution in [1.82, 2.24) is 5.32 Å². The topological polar surface area (TPSA) is 56.8 Å². The van der Waals surface area contributed by atoms with Crippen LogP contribution in [-0.4, -0.2) is 49.3 Å². The summed E-state index contributed by atoms with van der Waals surface area (Å²) in [6.45, 7) is 24.4. The fraction of sp³-hybridized carbons (Fsp3) is 0.939. The van der Waals surface area contributed by atoms with Gasteiger partial charge >= 0.3 is 0 Å². The second-order valence-electron chi connectivity index (χ2n) is 20.5. The highest BCUT2D eigenvalue weighted by Gasteiger charge is 2.35. The van der Waals surface area contributed by atoms with E-state index in [-0.39, 0.29) is 12.0 Å². The molecular weight excluding hydrogens is 751 g/mol. The minimum absolute atomic E-state index is 0.0361. The van der Waals surface area contributed by atoms with Crippen LogP contribution in [0.1, 0.15) is 219 Å². The molecule has 0 aliphatic carbocycles. The van der Waals surface area contributed by atoms with Gasteiger partial charge in [0, 0.05) is 0 Å². The molecule has 340 valence electrons. The number of carbonyl (C=O) groups excluding carboxylic acids is 1. The smallest absolute Gasteiger partial charge is 0.249 e. The third-order valence-corrected chi connectivity index (χ3v) is 13.6. The van der Waals surface area contributed by atoms with Gasteiger partial charge in [0.1, 0.15) is 18.4 Å². The molecule has 8 heteroatoms. The summed E-state index contributed by atoms with van der Waals surface area (Å²) in [5, 5.41) is 3.34. The lowest BCUT2D eigenvalue weighted by atomic mass is 10.0. The highest BCUT2D eigenvalue weighted by Crippen LogP contribution is 2.21. The van der Waals surface area contributed by atoms with E-state index < -0.39 is 37.3 Å². The van der Waals surface area contributed by atoms with Crippen molar-refractivity contribution in [1.29, 1.82) is 0 Å². The first kappa shape index (κ1) is 56.7. The molecule has 57 heavy (non-hydrogen) atoms. The lowest BCUT2D eigenvalue weighted by Crippen LogP contribution is -2.55. The molecule has 1 amide bonds. The summed E-state index contributed by atoms with van der Waals surface area (Å²) in [6.07, 6.45) is 45.8. The fourth-order valence-electron chi connectivity index (χ4n) is 7.64. The lowest BCUT2D eigenvalue weighted by molar-refractivity contribution is -0.133. The number of rotatable bonds is 42. The second-order valence-corrected chi connectivity index (χ2v) is 33.9. The molecule has 0 radical (unpaired) electrons. The molecule has 5 nitrogen and oxygen atoms in total. The van der Waals surface area contributed by atoms with Crippen LogP contribution < -0.4 is 5.32 Å². The largest absolute Gasteiger partial charge is 0.407 e. The van der Waals surface area contributed by atoms with Crippen LogP contribution in [0, 0.1) is 0 Å². The Morgan fingerprint density at radius 1 is 0.439 bits per heavy atom. The summed E-state index contributed by atoms with van der Waals surface area (Å²) in [6, 6.07) is 0. The Morgan fingerprint density at radius 2 is 0.754 bits per heavy atom. The molecule has 0 bridgehead atoms. The van der Waals surface area contributed by atoms with E-state index in [4.69, 9.17) is 13.3 Å². The van der Waals surface area contributed by atoms with Gasteiger partial charge in [-0.3, -0.25) is 4.79 Å². The Hall–Kier alpha value is -0.259. The van der Waals surface area contributed by atoms with Crippen LogP contribution in [-0.2, 0) is 18.1 Å². The normalized spacial score (nSPS) is 14.4. The molecule has 0 saturated carbocycles. The SMILES string of the molecule is CCCCCCCCCCCCC/C=C/C(O[Si](C)(C)C)C(NC(=O)C(CCCCCCCCCCCCCCCCCCCCC)O[Si](C)(C)C)O[Si](C)(C)C. The zero-order valence-corrected chi connectivity index (χ0v) is 43.6. The summed E-state index contributed by atoms with van der Waals surface area (Å²) < 4.78 is 20.0. The summed E-state index contributed by atoms with van der Waals surface area (Å²) >= 11 is 0. The van der Waals surface area contributed by atoms with Crippen molar-refractivity contribution in [3.63, 3.8) is 0 Å². The van der Waals surface area contributed by atoms with Gasteiger partial charge in [0.05, 0.1) is 0 Å². The van der Waals surface area contributed by atoms with Crippen molar-refractivity contribution in [2.24, 2.45) is 0 Å². The molecule has 0 heterocycles. The van der Waals surface area contributed by atoms with Gasteiger partial charge in [-0.05, 0) is 78.2 Å². The molecule has 3 unspecified atom stereocenters. The summed E-state index contributed by atoms with van der Waals surface area (Å²) in [5.74, 6) is -0.0361. The highest BCUT2D eigenvalue weighted by atomic mass is 28.4. The fourth-order valence-corrected chi connectivity index (χ4v) is 10.7. The maximum absolute atomic E-state index is 14.1. The molecule has 0 aliphatic rings. The van der Waals surface area contributed by atoms with E-state index in [1.165, 1.54) is 180 Å². The molecule has 0 fully saturated rings. The van der Waals surface area contributed by atoms with Crippen molar-refractivity contribution < 1.29 is 18.1 Å².